The van der Waals surface area contributed by atoms with Gasteiger partial charge in [-0.3, -0.25) is 14.5 Å². The number of cyclic esters (lactones) is 1. The Balaban J connectivity index is 1.98. The predicted molar refractivity (Wildman–Crippen MR) is 185 cm³/mol. The number of hydrogen-bond donors (Lipinski definition) is 1. The number of ether oxygens (including phenoxy) is 4. The number of likely N-dealkylation sites (N-methyl/N-ethyl adjacent to an activating group) is 1. The molecule has 2 saturated heterocycles. The molecule has 47 heavy (non-hydrogen) atoms. The summed E-state index contributed by atoms with van der Waals surface area (Å²) in [6.45, 7) is 21.1. The zero-order valence-electron chi connectivity index (χ0n) is 32.0. The second kappa shape index (κ2) is 16.7. The number of carbonyl (C=O) groups is 2. The van der Waals surface area contributed by atoms with E-state index in [0.717, 1.165) is 38.9 Å². The molecule has 9 atom stereocenters. The number of aliphatic hydroxyl groups excluding tert-OH is 1. The molecule has 0 aromatic carbocycles. The molecule has 0 unspecified atom stereocenters. The topological polar surface area (TPSA) is 101 Å². The average Bonchev–Trinajstić information content (AvgIpc) is 2.95. The lowest BCUT2D eigenvalue weighted by Gasteiger charge is -2.49. The van der Waals surface area contributed by atoms with Crippen LogP contribution in [0.25, 0.3) is 0 Å². The Kier molecular flexibility index (Phi) is 14.3. The SMILES string of the molecule is CCCN1C[C@H](C)C[C@@](C)(OC)[C@H](O[C@@H]2O[C@H](C)C[C@H](N(C)C)[C@H]2O)[C@@H](C)C(=O)C(C)(C)C(=O)OC[C@H]1C1CC(N(C)CC(C)C)C1. The number of methoxy groups -OCH3 is 1. The normalized spacial score (nSPS) is 39.7. The molecular formula is C37H69N3O7. The van der Waals surface area contributed by atoms with E-state index in [4.69, 9.17) is 18.9 Å². The van der Waals surface area contributed by atoms with Crippen LogP contribution in [-0.4, -0.2) is 134 Å². The number of rotatable bonds is 10. The van der Waals surface area contributed by atoms with Crippen molar-refractivity contribution < 1.29 is 33.6 Å². The third-order valence-electron chi connectivity index (χ3n) is 11.3. The number of ketones is 1. The van der Waals surface area contributed by atoms with E-state index < -0.39 is 41.4 Å². The molecule has 10 heteroatoms. The summed E-state index contributed by atoms with van der Waals surface area (Å²) in [5, 5.41) is 11.4. The fourth-order valence-electron chi connectivity index (χ4n) is 8.46. The van der Waals surface area contributed by atoms with E-state index in [1.165, 1.54) is 0 Å². The van der Waals surface area contributed by atoms with Crippen LogP contribution in [0.1, 0.15) is 94.4 Å². The van der Waals surface area contributed by atoms with Gasteiger partial charge in [0.1, 0.15) is 18.1 Å². The minimum atomic E-state index is -1.40. The van der Waals surface area contributed by atoms with E-state index in [-0.39, 0.29) is 36.5 Å². The van der Waals surface area contributed by atoms with Crippen molar-refractivity contribution in [1.82, 2.24) is 14.7 Å². The maximum Gasteiger partial charge on any atom is 0.319 e. The fraction of sp³-hybridized carbons (Fsp3) is 0.946. The van der Waals surface area contributed by atoms with E-state index in [1.54, 1.807) is 27.9 Å². The summed E-state index contributed by atoms with van der Waals surface area (Å²) in [4.78, 5) is 35.1. The molecule has 2 heterocycles. The van der Waals surface area contributed by atoms with Crippen LogP contribution in [0.3, 0.4) is 0 Å². The van der Waals surface area contributed by atoms with Crippen molar-refractivity contribution in [1.29, 1.82) is 0 Å². The molecule has 0 radical (unpaired) electrons. The second-order valence-corrected chi connectivity index (χ2v) is 16.6. The number of aliphatic hydroxyl groups is 1. The Morgan fingerprint density at radius 2 is 1.70 bits per heavy atom. The molecule has 274 valence electrons. The summed E-state index contributed by atoms with van der Waals surface area (Å²) in [5.74, 6) is -0.330. The van der Waals surface area contributed by atoms with Gasteiger partial charge in [0.25, 0.3) is 0 Å². The second-order valence-electron chi connectivity index (χ2n) is 16.6. The van der Waals surface area contributed by atoms with Crippen LogP contribution in [0.4, 0.5) is 0 Å². The summed E-state index contributed by atoms with van der Waals surface area (Å²) < 4.78 is 25.3. The van der Waals surface area contributed by atoms with Gasteiger partial charge in [-0.25, -0.2) is 0 Å². The van der Waals surface area contributed by atoms with Crippen LogP contribution in [-0.2, 0) is 28.5 Å². The monoisotopic (exact) mass is 668 g/mol. The van der Waals surface area contributed by atoms with Crippen LogP contribution in [0, 0.1) is 29.1 Å². The first-order valence-electron chi connectivity index (χ1n) is 18.2. The van der Waals surface area contributed by atoms with Gasteiger partial charge in [-0.1, -0.05) is 34.6 Å². The summed E-state index contributed by atoms with van der Waals surface area (Å²) in [6, 6.07) is 0.439. The molecular weight excluding hydrogens is 598 g/mol. The van der Waals surface area contributed by atoms with Crippen molar-refractivity contribution in [3.8, 4) is 0 Å². The fourth-order valence-corrected chi connectivity index (χ4v) is 8.46. The maximum absolute atomic E-state index is 14.3. The number of esters is 1. The quantitative estimate of drug-likeness (QED) is 0.266. The summed E-state index contributed by atoms with van der Waals surface area (Å²) >= 11 is 0. The number of nitrogens with zero attached hydrogens (tertiary/aromatic N) is 3. The highest BCUT2D eigenvalue weighted by atomic mass is 16.7. The number of carbonyl (C=O) groups excluding carboxylic acids is 2. The van der Waals surface area contributed by atoms with Gasteiger partial charge in [-0.2, -0.15) is 0 Å². The number of hydrogen-bond acceptors (Lipinski definition) is 10. The molecule has 0 spiro atoms. The molecule has 3 rings (SSSR count). The minimum absolute atomic E-state index is 0.0743. The van der Waals surface area contributed by atoms with Crippen molar-refractivity contribution in [3.05, 3.63) is 0 Å². The van der Waals surface area contributed by atoms with Gasteiger partial charge in [-0.15, -0.1) is 0 Å². The van der Waals surface area contributed by atoms with Gasteiger partial charge in [0, 0.05) is 44.2 Å². The summed E-state index contributed by atoms with van der Waals surface area (Å²) in [6.07, 6.45) is 1.59. The maximum atomic E-state index is 14.3. The van der Waals surface area contributed by atoms with E-state index >= 15 is 0 Å². The molecule has 0 aromatic rings. The lowest BCUT2D eigenvalue weighted by atomic mass is 9.73. The largest absolute Gasteiger partial charge is 0.463 e. The first-order chi connectivity index (χ1) is 21.9. The van der Waals surface area contributed by atoms with E-state index in [9.17, 15) is 14.7 Å². The van der Waals surface area contributed by atoms with Crippen molar-refractivity contribution in [2.75, 3.05) is 54.5 Å². The number of Topliss-reactive ketones (excluding diaryl/α,β-unsaturated/α-hetero) is 1. The third-order valence-corrected chi connectivity index (χ3v) is 11.3. The zero-order chi connectivity index (χ0) is 35.4. The van der Waals surface area contributed by atoms with Crippen molar-refractivity contribution in [2.24, 2.45) is 29.1 Å². The molecule has 1 saturated carbocycles. The molecule has 0 amide bonds. The molecule has 0 aromatic heterocycles. The lowest BCUT2D eigenvalue weighted by molar-refractivity contribution is -0.295. The highest BCUT2D eigenvalue weighted by Crippen LogP contribution is 2.40. The summed E-state index contributed by atoms with van der Waals surface area (Å²) in [5.41, 5.74) is -2.31. The molecule has 1 N–H and O–H groups in total. The molecule has 3 fully saturated rings. The van der Waals surface area contributed by atoms with Gasteiger partial charge in [-0.05, 0) is 105 Å². The van der Waals surface area contributed by atoms with Gasteiger partial charge in [0.15, 0.2) is 12.1 Å². The van der Waals surface area contributed by atoms with Crippen LogP contribution < -0.4 is 0 Å². The smallest absolute Gasteiger partial charge is 0.319 e. The van der Waals surface area contributed by atoms with Gasteiger partial charge < -0.3 is 33.9 Å². The van der Waals surface area contributed by atoms with Crippen LogP contribution in [0.2, 0.25) is 0 Å². The van der Waals surface area contributed by atoms with Gasteiger partial charge in [0.2, 0.25) is 0 Å². The van der Waals surface area contributed by atoms with E-state index in [2.05, 4.69) is 44.5 Å². The standard InChI is InChI=1S/C37H69N3O7/c1-14-15-40-21-24(4)19-37(9,44-13)33(47-34-31(41)29(38(10)11)16-25(5)46-34)26(6)32(42)36(7,8)35(43)45-22-30(40)27-17-28(18-27)39(12)20-23(2)3/h23-31,33-34,41H,14-22H2,1-13H3/t24-,25-,26+,27?,28?,29+,30+,31-,33-,34+,37-/m1/s1. The predicted octanol–water partition coefficient (Wildman–Crippen LogP) is 4.46. The van der Waals surface area contributed by atoms with Crippen molar-refractivity contribution in [3.63, 3.8) is 0 Å². The Hall–Kier alpha value is -1.14. The highest BCUT2D eigenvalue weighted by Gasteiger charge is 2.52. The van der Waals surface area contributed by atoms with Crippen LogP contribution in [0.5, 0.6) is 0 Å². The lowest BCUT2D eigenvalue weighted by Crippen LogP contribution is -2.59. The Morgan fingerprint density at radius 3 is 2.26 bits per heavy atom. The third kappa shape index (κ3) is 9.56. The van der Waals surface area contributed by atoms with Crippen LogP contribution >= 0.6 is 0 Å². The molecule has 0 bridgehead atoms. The Bertz CT molecular complexity index is 1020. The van der Waals surface area contributed by atoms with Crippen LogP contribution in [0.15, 0.2) is 0 Å². The van der Waals surface area contributed by atoms with Gasteiger partial charge in [0.05, 0.1) is 17.8 Å². The van der Waals surface area contributed by atoms with E-state index in [1.807, 2.05) is 32.8 Å². The molecule has 3 aliphatic rings. The zero-order valence-corrected chi connectivity index (χ0v) is 32.0. The molecule has 10 nitrogen and oxygen atoms in total. The minimum Gasteiger partial charge on any atom is -0.463 e. The van der Waals surface area contributed by atoms with Crippen molar-refractivity contribution >= 4 is 11.8 Å². The van der Waals surface area contributed by atoms with E-state index in [0.29, 0.717) is 30.7 Å². The average molecular weight is 668 g/mol. The molecule has 1 aliphatic carbocycles. The highest BCUT2D eigenvalue weighted by molar-refractivity contribution is 6.04. The Labute approximate surface area is 286 Å². The molecule has 2 aliphatic heterocycles. The van der Waals surface area contributed by atoms with Gasteiger partial charge >= 0.3 is 5.97 Å². The Morgan fingerprint density at radius 1 is 1.06 bits per heavy atom. The first-order valence-corrected chi connectivity index (χ1v) is 18.2. The first kappa shape index (κ1) is 40.3. The van der Waals surface area contributed by atoms with Crippen molar-refractivity contribution in [2.45, 2.75) is 143 Å². The summed E-state index contributed by atoms with van der Waals surface area (Å²) in [7, 11) is 7.75.